The zero-order valence-electron chi connectivity index (χ0n) is 12.7. The standard InChI is InChI=1S/C16H9F6N3S/c17-8-1-2-13(23-6-8)15-3-9(7-24-15)26-25-14-5-11(18)10(4-12(14)19)16(20,21)22/h1-7,24-25H. The lowest BCUT2D eigenvalue weighted by Crippen LogP contribution is -2.09. The van der Waals surface area contributed by atoms with Crippen molar-refractivity contribution in [2.75, 3.05) is 4.72 Å². The molecule has 26 heavy (non-hydrogen) atoms. The summed E-state index contributed by atoms with van der Waals surface area (Å²) in [7, 11) is 0. The molecule has 3 nitrogen and oxygen atoms in total. The quantitative estimate of drug-likeness (QED) is 0.449. The Kier molecular flexibility index (Phi) is 4.86. The highest BCUT2D eigenvalue weighted by molar-refractivity contribution is 8.00. The molecule has 2 aromatic heterocycles. The maximum atomic E-state index is 13.8. The minimum atomic E-state index is -4.98. The number of nitrogens with zero attached hydrogens (tertiary/aromatic N) is 1. The number of alkyl halides is 3. The molecule has 0 aliphatic carbocycles. The molecular formula is C16H9F6N3S. The van der Waals surface area contributed by atoms with Crippen LogP contribution in [0.25, 0.3) is 11.4 Å². The normalized spacial score (nSPS) is 11.6. The van der Waals surface area contributed by atoms with Crippen LogP contribution < -0.4 is 4.72 Å². The van der Waals surface area contributed by atoms with Crippen LogP contribution in [-0.4, -0.2) is 9.97 Å². The second kappa shape index (κ2) is 6.94. The zero-order valence-corrected chi connectivity index (χ0v) is 13.5. The van der Waals surface area contributed by atoms with Crippen molar-refractivity contribution in [3.63, 3.8) is 0 Å². The smallest absolute Gasteiger partial charge is 0.359 e. The molecule has 10 heteroatoms. The highest BCUT2D eigenvalue weighted by Crippen LogP contribution is 2.35. The van der Waals surface area contributed by atoms with Crippen molar-refractivity contribution in [2.45, 2.75) is 11.1 Å². The molecule has 1 aromatic carbocycles. The number of aromatic amines is 1. The molecule has 3 rings (SSSR count). The Bertz CT molecular complexity index is 921. The summed E-state index contributed by atoms with van der Waals surface area (Å²) in [5.74, 6) is -3.30. The molecule has 0 radical (unpaired) electrons. The summed E-state index contributed by atoms with van der Waals surface area (Å²) in [6, 6.07) is 4.84. The summed E-state index contributed by atoms with van der Waals surface area (Å²) < 4.78 is 80.2. The summed E-state index contributed by atoms with van der Waals surface area (Å²) >= 11 is 0.857. The van der Waals surface area contributed by atoms with Crippen molar-refractivity contribution in [1.82, 2.24) is 9.97 Å². The summed E-state index contributed by atoms with van der Waals surface area (Å²) in [6.45, 7) is 0. The first-order chi connectivity index (χ1) is 12.2. The van der Waals surface area contributed by atoms with Crippen molar-refractivity contribution < 1.29 is 26.3 Å². The lowest BCUT2D eigenvalue weighted by molar-refractivity contribution is -0.140. The average molecular weight is 389 g/mol. The highest BCUT2D eigenvalue weighted by Gasteiger charge is 2.35. The molecule has 0 saturated carbocycles. The van der Waals surface area contributed by atoms with Gasteiger partial charge in [-0.2, -0.15) is 13.2 Å². The van der Waals surface area contributed by atoms with Crippen LogP contribution in [0.4, 0.5) is 32.0 Å². The number of nitrogens with one attached hydrogen (secondary N) is 2. The molecule has 0 aliphatic heterocycles. The van der Waals surface area contributed by atoms with Gasteiger partial charge in [0.2, 0.25) is 0 Å². The number of anilines is 1. The van der Waals surface area contributed by atoms with Gasteiger partial charge in [0.1, 0.15) is 17.5 Å². The SMILES string of the molecule is Fc1ccc(-c2cc(SNc3cc(F)c(C(F)(F)F)cc3F)c[nH]2)nc1. The third-order valence-corrected chi connectivity index (χ3v) is 4.09. The second-order valence-electron chi connectivity index (χ2n) is 5.12. The minimum Gasteiger partial charge on any atom is -0.359 e. The molecule has 2 N–H and O–H groups in total. The van der Waals surface area contributed by atoms with Gasteiger partial charge in [0, 0.05) is 17.2 Å². The van der Waals surface area contributed by atoms with Gasteiger partial charge in [-0.3, -0.25) is 4.98 Å². The molecule has 0 atom stereocenters. The molecule has 2 heterocycles. The van der Waals surface area contributed by atoms with Gasteiger partial charge in [-0.15, -0.1) is 0 Å². The van der Waals surface area contributed by atoms with E-state index in [1.807, 2.05) is 0 Å². The molecule has 0 amide bonds. The largest absolute Gasteiger partial charge is 0.419 e. The predicted molar refractivity (Wildman–Crippen MR) is 84.8 cm³/mol. The van der Waals surface area contributed by atoms with Gasteiger partial charge in [-0.25, -0.2) is 13.2 Å². The fourth-order valence-corrected chi connectivity index (χ4v) is 2.75. The maximum absolute atomic E-state index is 13.8. The van der Waals surface area contributed by atoms with Crippen molar-refractivity contribution in [1.29, 1.82) is 0 Å². The second-order valence-corrected chi connectivity index (χ2v) is 6.00. The van der Waals surface area contributed by atoms with Crippen LogP contribution in [0.3, 0.4) is 0 Å². The molecule has 0 fully saturated rings. The fraction of sp³-hybridized carbons (Fsp3) is 0.0625. The average Bonchev–Trinajstić information content (AvgIpc) is 3.04. The summed E-state index contributed by atoms with van der Waals surface area (Å²) in [5.41, 5.74) is -1.08. The molecule has 136 valence electrons. The van der Waals surface area contributed by atoms with Gasteiger partial charge in [0.15, 0.2) is 0 Å². The van der Waals surface area contributed by atoms with Crippen LogP contribution in [0.1, 0.15) is 5.56 Å². The Hall–Kier alpha value is -2.62. The van der Waals surface area contributed by atoms with Gasteiger partial charge in [-0.05, 0) is 36.2 Å². The van der Waals surface area contributed by atoms with Crippen LogP contribution in [0, 0.1) is 17.5 Å². The van der Waals surface area contributed by atoms with Crippen molar-refractivity contribution in [2.24, 2.45) is 0 Å². The van der Waals surface area contributed by atoms with Crippen molar-refractivity contribution in [3.8, 4) is 11.4 Å². The number of aromatic nitrogens is 2. The Morgan fingerprint density at radius 1 is 1.00 bits per heavy atom. The van der Waals surface area contributed by atoms with Crippen molar-refractivity contribution >= 4 is 17.6 Å². The van der Waals surface area contributed by atoms with E-state index in [-0.39, 0.29) is 6.07 Å². The van der Waals surface area contributed by atoms with E-state index in [0.717, 1.165) is 18.1 Å². The number of pyridine rings is 1. The Balaban J connectivity index is 1.74. The van der Waals surface area contributed by atoms with E-state index in [1.54, 1.807) is 6.07 Å². The van der Waals surface area contributed by atoms with Crippen LogP contribution >= 0.6 is 11.9 Å². The molecule has 0 unspecified atom stereocenters. The van der Waals surface area contributed by atoms with Crippen molar-refractivity contribution in [3.05, 3.63) is 65.7 Å². The van der Waals surface area contributed by atoms with Crippen LogP contribution in [0.15, 0.2) is 47.6 Å². The van der Waals surface area contributed by atoms with Gasteiger partial charge < -0.3 is 9.71 Å². The van der Waals surface area contributed by atoms with Gasteiger partial charge in [0.25, 0.3) is 0 Å². The maximum Gasteiger partial charge on any atom is 0.419 e. The monoisotopic (exact) mass is 389 g/mol. The van der Waals surface area contributed by atoms with Crippen LogP contribution in [0.5, 0.6) is 0 Å². The first-order valence-electron chi connectivity index (χ1n) is 7.03. The van der Waals surface area contributed by atoms with E-state index >= 15 is 0 Å². The van der Waals surface area contributed by atoms with E-state index in [1.165, 1.54) is 18.3 Å². The molecule has 0 aliphatic rings. The summed E-state index contributed by atoms with van der Waals surface area (Å²) in [5, 5.41) is 0. The first kappa shape index (κ1) is 18.2. The van der Waals surface area contributed by atoms with E-state index in [9.17, 15) is 26.3 Å². The molecule has 0 spiro atoms. The highest BCUT2D eigenvalue weighted by atomic mass is 32.2. The Morgan fingerprint density at radius 3 is 2.42 bits per heavy atom. The third-order valence-electron chi connectivity index (χ3n) is 3.30. The van der Waals surface area contributed by atoms with Crippen LogP contribution in [0.2, 0.25) is 0 Å². The lowest BCUT2D eigenvalue weighted by atomic mass is 10.2. The molecule has 0 saturated heterocycles. The number of halogens is 6. The van der Waals surface area contributed by atoms with Gasteiger partial charge in [0.05, 0.1) is 28.8 Å². The number of H-pyrrole nitrogens is 1. The fourth-order valence-electron chi connectivity index (χ4n) is 2.07. The Labute approximate surface area is 147 Å². The third kappa shape index (κ3) is 3.96. The zero-order chi connectivity index (χ0) is 18.9. The summed E-state index contributed by atoms with van der Waals surface area (Å²) in [6.07, 6.45) is -2.41. The Morgan fingerprint density at radius 2 is 1.77 bits per heavy atom. The van der Waals surface area contributed by atoms with E-state index in [4.69, 9.17) is 0 Å². The minimum absolute atomic E-state index is 0.100. The summed E-state index contributed by atoms with van der Waals surface area (Å²) in [4.78, 5) is 7.29. The van der Waals surface area contributed by atoms with E-state index in [2.05, 4.69) is 14.7 Å². The number of hydrogen-bond donors (Lipinski definition) is 2. The predicted octanol–water partition coefficient (Wildman–Crippen LogP) is 5.63. The molecular weight excluding hydrogens is 380 g/mol. The lowest BCUT2D eigenvalue weighted by Gasteiger charge is -2.11. The van der Waals surface area contributed by atoms with E-state index < -0.39 is 34.9 Å². The van der Waals surface area contributed by atoms with Gasteiger partial charge >= 0.3 is 6.18 Å². The topological polar surface area (TPSA) is 40.7 Å². The molecule has 3 aromatic rings. The number of rotatable bonds is 4. The van der Waals surface area contributed by atoms with Gasteiger partial charge in [-0.1, -0.05) is 0 Å². The van der Waals surface area contributed by atoms with E-state index in [0.29, 0.717) is 22.3 Å². The van der Waals surface area contributed by atoms with Crippen LogP contribution in [-0.2, 0) is 6.18 Å². The first-order valence-corrected chi connectivity index (χ1v) is 7.85. The number of hydrogen-bond acceptors (Lipinski definition) is 3. The number of benzene rings is 1. The molecule has 0 bridgehead atoms.